The maximum absolute atomic E-state index is 12.8. The molecule has 0 aromatic heterocycles. The molecule has 3 nitrogen and oxygen atoms in total. The molecule has 7 heteroatoms. The van der Waals surface area contributed by atoms with E-state index in [1.807, 2.05) is 25.1 Å². The van der Waals surface area contributed by atoms with Crippen molar-refractivity contribution >= 4 is 31.9 Å². The van der Waals surface area contributed by atoms with Gasteiger partial charge < -0.3 is 10.2 Å². The number of anilines is 2. The van der Waals surface area contributed by atoms with E-state index in [1.165, 1.54) is 6.07 Å². The van der Waals surface area contributed by atoms with Crippen molar-refractivity contribution in [2.75, 3.05) is 5.32 Å². The molecule has 2 aromatic rings. The molecule has 0 aliphatic carbocycles. The van der Waals surface area contributed by atoms with E-state index in [4.69, 9.17) is 4.84 Å². The van der Waals surface area contributed by atoms with Gasteiger partial charge in [0.05, 0.1) is 5.56 Å². The highest BCUT2D eigenvalue weighted by atomic mass is 79.9. The van der Waals surface area contributed by atoms with Gasteiger partial charge in [0.15, 0.2) is 6.10 Å². The second-order valence-corrected chi connectivity index (χ2v) is 6.46. The second kappa shape index (κ2) is 6.47. The highest BCUT2D eigenvalue weighted by Gasteiger charge is 2.30. The summed E-state index contributed by atoms with van der Waals surface area (Å²) in [6.07, 6.45) is -3.93. The number of nitrogens with zero attached hydrogens (tertiary/aromatic N) is 1. The zero-order valence-electron chi connectivity index (χ0n) is 12.7. The Morgan fingerprint density at radius 2 is 2.00 bits per heavy atom. The van der Waals surface area contributed by atoms with Gasteiger partial charge in [0.2, 0.25) is 0 Å². The Morgan fingerprint density at radius 3 is 2.67 bits per heavy atom. The molecule has 1 N–H and O–H groups in total. The Hall–Kier alpha value is -2.02. The Balaban J connectivity index is 1.85. The lowest BCUT2D eigenvalue weighted by Crippen LogP contribution is -2.05. The zero-order chi connectivity index (χ0) is 17.3. The molecular formula is C17H14BrF3N2O. The van der Waals surface area contributed by atoms with Crippen molar-refractivity contribution in [1.29, 1.82) is 0 Å². The maximum atomic E-state index is 12.8. The van der Waals surface area contributed by atoms with Crippen LogP contribution in [0.2, 0.25) is 0 Å². The smallest absolute Gasteiger partial charge is 0.386 e. The van der Waals surface area contributed by atoms with Crippen molar-refractivity contribution in [3.05, 3.63) is 59.2 Å². The van der Waals surface area contributed by atoms with Crippen LogP contribution in [0.1, 0.15) is 29.2 Å². The lowest BCUT2D eigenvalue weighted by molar-refractivity contribution is -0.137. The summed E-state index contributed by atoms with van der Waals surface area (Å²) in [5, 5.41) is 6.91. The molecule has 1 atom stereocenters. The Kier molecular flexibility index (Phi) is 4.54. The number of aryl methyl sites for hydroxylation is 1. The minimum atomic E-state index is -4.37. The molecule has 1 aliphatic rings. The number of rotatable bonds is 3. The van der Waals surface area contributed by atoms with Crippen LogP contribution in [0.3, 0.4) is 0 Å². The van der Waals surface area contributed by atoms with Gasteiger partial charge in [0, 0.05) is 17.8 Å². The summed E-state index contributed by atoms with van der Waals surface area (Å²) < 4.78 is 39.2. The highest BCUT2D eigenvalue weighted by Crippen LogP contribution is 2.34. The fraction of sp³-hybridized carbons (Fsp3) is 0.235. The molecule has 3 rings (SSSR count). The van der Waals surface area contributed by atoms with Crippen molar-refractivity contribution in [3.63, 3.8) is 0 Å². The molecule has 0 radical (unpaired) electrons. The molecule has 0 spiro atoms. The van der Waals surface area contributed by atoms with Gasteiger partial charge in [-0.15, -0.1) is 0 Å². The molecule has 0 saturated carbocycles. The average molecular weight is 399 g/mol. The summed E-state index contributed by atoms with van der Waals surface area (Å²) in [7, 11) is 0. The third-order valence-corrected chi connectivity index (χ3v) is 4.20. The largest absolute Gasteiger partial charge is 0.416 e. The van der Waals surface area contributed by atoms with Crippen molar-refractivity contribution < 1.29 is 18.0 Å². The molecular weight excluding hydrogens is 385 g/mol. The minimum Gasteiger partial charge on any atom is -0.386 e. The molecule has 1 heterocycles. The number of hydrogen-bond acceptors (Lipinski definition) is 3. The monoisotopic (exact) mass is 398 g/mol. The molecule has 0 unspecified atom stereocenters. The van der Waals surface area contributed by atoms with Gasteiger partial charge in [-0.3, -0.25) is 0 Å². The molecule has 0 bridgehead atoms. The molecule has 1 aliphatic heterocycles. The van der Waals surface area contributed by atoms with Crippen LogP contribution in [0.25, 0.3) is 0 Å². The summed E-state index contributed by atoms with van der Waals surface area (Å²) in [6, 6.07) is 10.8. The number of alkyl halides is 3. The van der Waals surface area contributed by atoms with Gasteiger partial charge in [-0.05, 0) is 58.2 Å². The molecule has 0 saturated heterocycles. The topological polar surface area (TPSA) is 33.6 Å². The number of halogens is 4. The fourth-order valence-corrected chi connectivity index (χ4v) is 2.81. The maximum Gasteiger partial charge on any atom is 0.416 e. The number of benzene rings is 2. The van der Waals surface area contributed by atoms with Crippen molar-refractivity contribution in [1.82, 2.24) is 0 Å². The summed E-state index contributed by atoms with van der Waals surface area (Å²) >= 11 is 3.29. The molecule has 24 heavy (non-hydrogen) atoms. The molecule has 0 amide bonds. The van der Waals surface area contributed by atoms with E-state index in [2.05, 4.69) is 26.4 Å². The number of hydrogen-bond donors (Lipinski definition) is 1. The summed E-state index contributed by atoms with van der Waals surface area (Å²) in [5.74, 6) is 0. The quantitative estimate of drug-likeness (QED) is 0.695. The lowest BCUT2D eigenvalue weighted by atomic mass is 10.0. The summed E-state index contributed by atoms with van der Waals surface area (Å²) in [5.41, 5.74) is 2.27. The third-order valence-electron chi connectivity index (χ3n) is 3.74. The zero-order valence-corrected chi connectivity index (χ0v) is 14.3. The van der Waals surface area contributed by atoms with Gasteiger partial charge in [0.25, 0.3) is 0 Å². The van der Waals surface area contributed by atoms with Crippen LogP contribution < -0.4 is 5.32 Å². The van der Waals surface area contributed by atoms with Crippen LogP contribution in [0.4, 0.5) is 24.5 Å². The van der Waals surface area contributed by atoms with E-state index >= 15 is 0 Å². The third kappa shape index (κ3) is 3.72. The first-order valence-corrected chi connectivity index (χ1v) is 8.05. The standard InChI is InChI=1S/C17H14BrF3N2O/c1-10-5-6-11(15-9-16(18)23-24-15)7-14(10)22-13-4-2-3-12(8-13)17(19,20)21/h2-8,15,22H,9H2,1H3/t15-/m0/s1. The highest BCUT2D eigenvalue weighted by molar-refractivity contribution is 9.18. The van der Waals surface area contributed by atoms with E-state index in [1.54, 1.807) is 6.07 Å². The Labute approximate surface area is 145 Å². The summed E-state index contributed by atoms with van der Waals surface area (Å²) in [4.78, 5) is 5.32. The van der Waals surface area contributed by atoms with Crippen LogP contribution in [0, 0.1) is 6.92 Å². The minimum absolute atomic E-state index is 0.193. The van der Waals surface area contributed by atoms with Gasteiger partial charge >= 0.3 is 6.18 Å². The predicted octanol–water partition coefficient (Wildman–Crippen LogP) is 5.93. The molecule has 2 aromatic carbocycles. The molecule has 126 valence electrons. The van der Waals surface area contributed by atoms with E-state index in [0.29, 0.717) is 12.1 Å². The van der Waals surface area contributed by atoms with Crippen LogP contribution in [-0.4, -0.2) is 4.62 Å². The Morgan fingerprint density at radius 1 is 1.21 bits per heavy atom. The van der Waals surface area contributed by atoms with Crippen molar-refractivity contribution in [2.24, 2.45) is 5.16 Å². The lowest BCUT2D eigenvalue weighted by Gasteiger charge is -2.15. The van der Waals surface area contributed by atoms with Gasteiger partial charge in [0.1, 0.15) is 4.62 Å². The summed E-state index contributed by atoms with van der Waals surface area (Å²) in [6.45, 7) is 1.89. The van der Waals surface area contributed by atoms with Crippen molar-refractivity contribution in [2.45, 2.75) is 25.6 Å². The number of nitrogens with one attached hydrogen (secondary N) is 1. The average Bonchev–Trinajstić information content (AvgIpc) is 2.95. The SMILES string of the molecule is Cc1ccc([C@@H]2CC(Br)=NO2)cc1Nc1cccc(C(F)(F)F)c1. The fourth-order valence-electron chi connectivity index (χ4n) is 2.43. The van der Waals surface area contributed by atoms with E-state index < -0.39 is 11.7 Å². The van der Waals surface area contributed by atoms with Crippen LogP contribution >= 0.6 is 15.9 Å². The van der Waals surface area contributed by atoms with Gasteiger partial charge in [-0.1, -0.05) is 23.4 Å². The molecule has 0 fully saturated rings. The first-order chi connectivity index (χ1) is 11.3. The number of oxime groups is 1. The normalized spacial score (nSPS) is 17.4. The van der Waals surface area contributed by atoms with Gasteiger partial charge in [-0.2, -0.15) is 13.2 Å². The predicted molar refractivity (Wildman–Crippen MR) is 90.7 cm³/mol. The van der Waals surface area contributed by atoms with Crippen molar-refractivity contribution in [3.8, 4) is 0 Å². The van der Waals surface area contributed by atoms with E-state index in [9.17, 15) is 13.2 Å². The van der Waals surface area contributed by atoms with Crippen LogP contribution in [0.15, 0.2) is 47.6 Å². The van der Waals surface area contributed by atoms with Crippen LogP contribution in [0.5, 0.6) is 0 Å². The van der Waals surface area contributed by atoms with Gasteiger partial charge in [-0.25, -0.2) is 0 Å². The van der Waals surface area contributed by atoms with Crippen LogP contribution in [-0.2, 0) is 11.0 Å². The van der Waals surface area contributed by atoms with E-state index in [0.717, 1.165) is 33.6 Å². The van der Waals surface area contributed by atoms with E-state index in [-0.39, 0.29) is 6.10 Å². The second-order valence-electron chi connectivity index (χ2n) is 5.54. The first kappa shape index (κ1) is 16.8. The first-order valence-electron chi connectivity index (χ1n) is 7.26. The Bertz CT molecular complexity index is 790.